The van der Waals surface area contributed by atoms with Gasteiger partial charge in [0.25, 0.3) is 0 Å². The Morgan fingerprint density at radius 1 is 1.29 bits per heavy atom. The molecule has 34 heavy (non-hydrogen) atoms. The number of allylic oxidation sites excluding steroid dienone is 1. The van der Waals surface area contributed by atoms with Gasteiger partial charge in [0.05, 0.1) is 19.3 Å². The minimum absolute atomic E-state index is 0.00536. The number of aromatic hydroxyl groups is 1. The van der Waals surface area contributed by atoms with Crippen LogP contribution in [-0.4, -0.2) is 39.6 Å². The number of phenolic OH excluding ortho intramolecular Hbond substituents is 1. The smallest absolute Gasteiger partial charge is 0.338 e. The van der Waals surface area contributed by atoms with Crippen LogP contribution in [0.1, 0.15) is 37.4 Å². The molecule has 1 aromatic heterocycles. The second-order valence-electron chi connectivity index (χ2n) is 7.68. The molecule has 0 aliphatic carbocycles. The van der Waals surface area contributed by atoms with Crippen LogP contribution in [0.3, 0.4) is 0 Å². The normalized spacial score (nSPS) is 15.0. The summed E-state index contributed by atoms with van der Waals surface area (Å²) in [6, 6.07) is 12.0. The minimum Gasteiger partial charge on any atom is -0.504 e. The largest absolute Gasteiger partial charge is 0.504 e. The van der Waals surface area contributed by atoms with Gasteiger partial charge in [0.15, 0.2) is 11.5 Å². The van der Waals surface area contributed by atoms with Crippen LogP contribution in [0.25, 0.3) is 0 Å². The van der Waals surface area contributed by atoms with E-state index in [0.29, 0.717) is 57.5 Å². The second kappa shape index (κ2) is 10.4. The molecule has 8 nitrogen and oxygen atoms in total. The summed E-state index contributed by atoms with van der Waals surface area (Å²) in [5.74, 6) is 0.966. The molecule has 1 atom stereocenters. The SMILES string of the molecule is CCCOC(=O)C1=C(C)Nc2nc(SCc3ccccc3Cl)nn2C1c1ccc(O)c(OC)c1. The van der Waals surface area contributed by atoms with Crippen molar-refractivity contribution in [1.29, 1.82) is 0 Å². The van der Waals surface area contributed by atoms with Crippen LogP contribution < -0.4 is 10.1 Å². The van der Waals surface area contributed by atoms with Crippen molar-refractivity contribution in [3.63, 3.8) is 0 Å². The maximum absolute atomic E-state index is 13.1. The van der Waals surface area contributed by atoms with Crippen LogP contribution in [0.5, 0.6) is 11.5 Å². The lowest BCUT2D eigenvalue weighted by atomic mass is 9.95. The Kier molecular flexibility index (Phi) is 7.33. The van der Waals surface area contributed by atoms with Crippen molar-refractivity contribution >= 4 is 35.3 Å². The molecule has 1 aliphatic heterocycles. The van der Waals surface area contributed by atoms with Gasteiger partial charge < -0.3 is 19.9 Å². The molecule has 0 radical (unpaired) electrons. The van der Waals surface area contributed by atoms with Gasteiger partial charge in [-0.3, -0.25) is 0 Å². The fourth-order valence-corrected chi connectivity index (χ4v) is 4.77. The predicted octanol–water partition coefficient (Wildman–Crippen LogP) is 5.18. The van der Waals surface area contributed by atoms with Gasteiger partial charge in [0, 0.05) is 16.5 Å². The summed E-state index contributed by atoms with van der Waals surface area (Å²) in [4.78, 5) is 17.7. The van der Waals surface area contributed by atoms with Crippen LogP contribution >= 0.6 is 23.4 Å². The molecule has 0 amide bonds. The van der Waals surface area contributed by atoms with E-state index >= 15 is 0 Å². The average molecular weight is 501 g/mol. The number of carbonyl (C=O) groups is 1. The zero-order valence-electron chi connectivity index (χ0n) is 19.0. The molecule has 10 heteroatoms. The third kappa shape index (κ3) is 4.85. The van der Waals surface area contributed by atoms with E-state index in [0.717, 1.165) is 5.56 Å². The van der Waals surface area contributed by atoms with Crippen molar-refractivity contribution in [2.45, 2.75) is 37.2 Å². The Morgan fingerprint density at radius 3 is 2.82 bits per heavy atom. The van der Waals surface area contributed by atoms with E-state index in [-0.39, 0.29) is 5.75 Å². The first kappa shape index (κ1) is 24.0. The summed E-state index contributed by atoms with van der Waals surface area (Å²) in [6.07, 6.45) is 0.709. The summed E-state index contributed by atoms with van der Waals surface area (Å²) < 4.78 is 12.4. The van der Waals surface area contributed by atoms with Crippen molar-refractivity contribution in [2.24, 2.45) is 0 Å². The Hall–Kier alpha value is -3.17. The first-order valence-corrected chi connectivity index (χ1v) is 12.1. The minimum atomic E-state index is -0.614. The number of anilines is 1. The Morgan fingerprint density at radius 2 is 2.09 bits per heavy atom. The number of nitrogens with one attached hydrogen (secondary N) is 1. The number of ether oxygens (including phenoxy) is 2. The van der Waals surface area contributed by atoms with Gasteiger partial charge in [0.2, 0.25) is 11.1 Å². The lowest BCUT2D eigenvalue weighted by molar-refractivity contribution is -0.139. The molecule has 0 saturated carbocycles. The maximum atomic E-state index is 13.1. The van der Waals surface area contributed by atoms with Crippen molar-refractivity contribution in [1.82, 2.24) is 14.8 Å². The highest BCUT2D eigenvalue weighted by Crippen LogP contribution is 2.39. The van der Waals surface area contributed by atoms with E-state index < -0.39 is 12.0 Å². The van der Waals surface area contributed by atoms with Gasteiger partial charge in [-0.05, 0) is 42.7 Å². The van der Waals surface area contributed by atoms with Gasteiger partial charge >= 0.3 is 5.97 Å². The fraction of sp³-hybridized carbons (Fsp3) is 0.292. The first-order valence-electron chi connectivity index (χ1n) is 10.8. The van der Waals surface area contributed by atoms with Crippen LogP contribution in [0.4, 0.5) is 5.95 Å². The van der Waals surface area contributed by atoms with Gasteiger partial charge in [-0.2, -0.15) is 4.98 Å². The quantitative estimate of drug-likeness (QED) is 0.322. The van der Waals surface area contributed by atoms with Crippen LogP contribution in [-0.2, 0) is 15.3 Å². The molecule has 0 bridgehead atoms. The number of rotatable bonds is 8. The molecule has 4 rings (SSSR count). The van der Waals surface area contributed by atoms with E-state index in [1.165, 1.54) is 24.9 Å². The molecule has 1 aliphatic rings. The van der Waals surface area contributed by atoms with Crippen LogP contribution in [0.15, 0.2) is 58.9 Å². The number of nitrogens with zero attached hydrogens (tertiary/aromatic N) is 3. The fourth-order valence-electron chi connectivity index (χ4n) is 3.66. The molecule has 2 heterocycles. The number of thioether (sulfide) groups is 1. The highest BCUT2D eigenvalue weighted by atomic mass is 35.5. The molecule has 0 spiro atoms. The number of halogens is 1. The van der Waals surface area contributed by atoms with E-state index in [9.17, 15) is 9.90 Å². The second-order valence-corrected chi connectivity index (χ2v) is 9.03. The summed E-state index contributed by atoms with van der Waals surface area (Å²) in [7, 11) is 1.48. The van der Waals surface area contributed by atoms with E-state index in [2.05, 4.69) is 10.3 Å². The number of carbonyl (C=O) groups excluding carboxylic acids is 1. The molecule has 0 fully saturated rings. The highest BCUT2D eigenvalue weighted by molar-refractivity contribution is 7.98. The third-order valence-electron chi connectivity index (χ3n) is 5.32. The highest BCUT2D eigenvalue weighted by Gasteiger charge is 2.35. The predicted molar refractivity (Wildman–Crippen MR) is 131 cm³/mol. The molecular formula is C24H25ClN4O4S. The van der Waals surface area contributed by atoms with Crippen LogP contribution in [0, 0.1) is 0 Å². The Labute approximate surface area is 206 Å². The molecule has 2 N–H and O–H groups in total. The van der Waals surface area contributed by atoms with E-state index in [4.69, 9.17) is 26.2 Å². The zero-order valence-corrected chi connectivity index (χ0v) is 20.6. The van der Waals surface area contributed by atoms with Gasteiger partial charge in [-0.1, -0.05) is 54.6 Å². The van der Waals surface area contributed by atoms with Crippen molar-refractivity contribution in [3.8, 4) is 11.5 Å². The number of hydrogen-bond donors (Lipinski definition) is 2. The number of hydrogen-bond acceptors (Lipinski definition) is 8. The number of fused-ring (bicyclic) bond motifs is 1. The summed E-state index contributed by atoms with van der Waals surface area (Å²) >= 11 is 7.74. The maximum Gasteiger partial charge on any atom is 0.338 e. The first-order chi connectivity index (χ1) is 16.4. The third-order valence-corrected chi connectivity index (χ3v) is 6.58. The number of benzene rings is 2. The molecular weight excluding hydrogens is 476 g/mol. The number of phenols is 1. The summed E-state index contributed by atoms with van der Waals surface area (Å²) in [5.41, 5.74) is 2.72. The number of methoxy groups -OCH3 is 1. The monoisotopic (exact) mass is 500 g/mol. The molecule has 178 valence electrons. The van der Waals surface area contributed by atoms with Gasteiger partial charge in [0.1, 0.15) is 6.04 Å². The molecule has 3 aromatic rings. The van der Waals surface area contributed by atoms with Gasteiger partial charge in [-0.25, -0.2) is 9.48 Å². The zero-order chi connectivity index (χ0) is 24.2. The Balaban J connectivity index is 1.72. The van der Waals surface area contributed by atoms with Crippen molar-refractivity contribution in [3.05, 3.63) is 69.9 Å². The Bertz CT molecular complexity index is 1240. The standard InChI is InChI=1S/C24H25ClN4O4S/c1-4-11-33-22(31)20-14(2)26-23-27-24(34-13-16-7-5-6-8-17(16)25)28-29(23)21(20)15-9-10-18(30)19(12-15)32-3/h5-10,12,21,30H,4,11,13H2,1-3H3,(H,26,27,28). The van der Waals surface area contributed by atoms with Crippen molar-refractivity contribution in [2.75, 3.05) is 19.0 Å². The number of aromatic nitrogens is 3. The molecule has 0 saturated heterocycles. The number of esters is 1. The van der Waals surface area contributed by atoms with Crippen molar-refractivity contribution < 1.29 is 19.4 Å². The summed E-state index contributed by atoms with van der Waals surface area (Å²) in [6.45, 7) is 4.06. The van der Waals surface area contributed by atoms with E-state index in [1.807, 2.05) is 38.1 Å². The lowest BCUT2D eigenvalue weighted by Crippen LogP contribution is -2.29. The summed E-state index contributed by atoms with van der Waals surface area (Å²) in [5, 5.41) is 19.2. The van der Waals surface area contributed by atoms with Crippen LogP contribution in [0.2, 0.25) is 5.02 Å². The lowest BCUT2D eigenvalue weighted by Gasteiger charge is -2.28. The molecule has 1 unspecified atom stereocenters. The van der Waals surface area contributed by atoms with Gasteiger partial charge in [-0.15, -0.1) is 5.10 Å². The molecule has 2 aromatic carbocycles. The topological polar surface area (TPSA) is 98.5 Å². The average Bonchev–Trinajstić information content (AvgIpc) is 3.24. The van der Waals surface area contributed by atoms with E-state index in [1.54, 1.807) is 16.8 Å².